The van der Waals surface area contributed by atoms with Gasteiger partial charge in [-0.2, -0.15) is 0 Å². The molecule has 1 atom stereocenters. The zero-order chi connectivity index (χ0) is 13.7. The summed E-state index contributed by atoms with van der Waals surface area (Å²) in [6.07, 6.45) is 4.51. The first-order valence-corrected chi connectivity index (χ1v) is 6.41. The summed E-state index contributed by atoms with van der Waals surface area (Å²) in [7, 11) is 1.79. The minimum atomic E-state index is -0.436. The summed E-state index contributed by atoms with van der Waals surface area (Å²) in [4.78, 5) is 14.4. The molecule has 1 aromatic rings. The van der Waals surface area contributed by atoms with Gasteiger partial charge in [0, 0.05) is 20.0 Å². The average Bonchev–Trinajstić information content (AvgIpc) is 2.58. The lowest BCUT2D eigenvalue weighted by atomic mass is 10.1. The van der Waals surface area contributed by atoms with E-state index in [2.05, 4.69) is 17.2 Å². The zero-order valence-corrected chi connectivity index (χ0v) is 11.6. The van der Waals surface area contributed by atoms with Crippen LogP contribution in [0.1, 0.15) is 45.4 Å². The van der Waals surface area contributed by atoms with Crippen LogP contribution in [0.15, 0.2) is 0 Å². The highest BCUT2D eigenvalue weighted by atomic mass is 16.6. The fourth-order valence-electron chi connectivity index (χ4n) is 1.89. The van der Waals surface area contributed by atoms with Crippen molar-refractivity contribution in [3.63, 3.8) is 0 Å². The van der Waals surface area contributed by atoms with Gasteiger partial charge in [-0.05, 0) is 23.3 Å². The molecule has 1 rings (SSSR count). The van der Waals surface area contributed by atoms with Crippen molar-refractivity contribution in [3.8, 4) is 0 Å². The van der Waals surface area contributed by atoms with Crippen LogP contribution in [0.5, 0.6) is 0 Å². The predicted molar refractivity (Wildman–Crippen MR) is 71.8 cm³/mol. The lowest BCUT2D eigenvalue weighted by Gasteiger charge is -2.14. The third-order valence-corrected chi connectivity index (χ3v) is 3.10. The Kier molecular flexibility index (Phi) is 5.12. The average molecular weight is 254 g/mol. The molecule has 0 saturated heterocycles. The van der Waals surface area contributed by atoms with Gasteiger partial charge in [-0.25, -0.2) is 0 Å². The number of hydrogen-bond acceptors (Lipinski definition) is 4. The fraction of sp³-hybridized carbons (Fsp3) is 0.750. The number of unbranched alkanes of at least 4 members (excludes halogenated alkanes) is 2. The molecular formula is C12H22N4O2. The SMILES string of the molecule is CCCCCC(C)Nc1c([N+](=O)[O-])nc(C)n1C. The standard InChI is InChI=1S/C12H22N4O2/c1-5-6-7-8-9(2)13-11-12(16(17)18)14-10(3)15(11)4/h9,13H,5-8H2,1-4H3. The van der Waals surface area contributed by atoms with Crippen LogP contribution in [0, 0.1) is 17.0 Å². The minimum absolute atomic E-state index is 0.0858. The molecule has 0 aliphatic carbocycles. The number of hydrogen-bond donors (Lipinski definition) is 1. The zero-order valence-electron chi connectivity index (χ0n) is 11.6. The van der Waals surface area contributed by atoms with Crippen molar-refractivity contribution in [3.05, 3.63) is 15.9 Å². The molecule has 0 radical (unpaired) electrons. The van der Waals surface area contributed by atoms with E-state index >= 15 is 0 Å². The predicted octanol–water partition coefficient (Wildman–Crippen LogP) is 3.02. The van der Waals surface area contributed by atoms with E-state index in [1.807, 2.05) is 6.92 Å². The van der Waals surface area contributed by atoms with Crippen LogP contribution < -0.4 is 5.32 Å². The van der Waals surface area contributed by atoms with E-state index in [1.165, 1.54) is 12.8 Å². The first kappa shape index (κ1) is 14.5. The van der Waals surface area contributed by atoms with Crippen molar-refractivity contribution in [1.82, 2.24) is 9.55 Å². The smallest absolute Gasteiger partial charge is 0.362 e. The van der Waals surface area contributed by atoms with E-state index in [1.54, 1.807) is 18.5 Å². The van der Waals surface area contributed by atoms with Crippen LogP contribution in [-0.4, -0.2) is 20.5 Å². The minimum Gasteiger partial charge on any atom is -0.362 e. The summed E-state index contributed by atoms with van der Waals surface area (Å²) >= 11 is 0. The number of rotatable bonds is 7. The second-order valence-electron chi connectivity index (χ2n) is 4.69. The van der Waals surface area contributed by atoms with Crippen LogP contribution in [0.25, 0.3) is 0 Å². The summed E-state index contributed by atoms with van der Waals surface area (Å²) < 4.78 is 1.73. The maximum absolute atomic E-state index is 10.9. The number of nitrogens with one attached hydrogen (secondary N) is 1. The number of aromatic nitrogens is 2. The van der Waals surface area contributed by atoms with Gasteiger partial charge in [0.05, 0.1) is 0 Å². The molecule has 0 spiro atoms. The normalized spacial score (nSPS) is 12.4. The molecule has 0 aromatic carbocycles. The molecule has 1 unspecified atom stereocenters. The Labute approximate surface area is 108 Å². The van der Waals surface area contributed by atoms with Gasteiger partial charge in [-0.15, -0.1) is 0 Å². The summed E-state index contributed by atoms with van der Waals surface area (Å²) in [5.74, 6) is 1.06. The lowest BCUT2D eigenvalue weighted by molar-refractivity contribution is -0.388. The summed E-state index contributed by atoms with van der Waals surface area (Å²) in [5.41, 5.74) is 0. The second-order valence-corrected chi connectivity index (χ2v) is 4.69. The van der Waals surface area contributed by atoms with Crippen molar-refractivity contribution in [1.29, 1.82) is 0 Å². The maximum atomic E-state index is 10.9. The van der Waals surface area contributed by atoms with Crippen LogP contribution in [-0.2, 0) is 7.05 Å². The number of imidazole rings is 1. The van der Waals surface area contributed by atoms with E-state index in [0.29, 0.717) is 11.6 Å². The van der Waals surface area contributed by atoms with Gasteiger partial charge in [0.1, 0.15) is 0 Å². The molecule has 18 heavy (non-hydrogen) atoms. The second kappa shape index (κ2) is 6.37. The van der Waals surface area contributed by atoms with Gasteiger partial charge < -0.3 is 15.4 Å². The van der Waals surface area contributed by atoms with E-state index in [9.17, 15) is 10.1 Å². The van der Waals surface area contributed by atoms with Crippen LogP contribution in [0.4, 0.5) is 11.6 Å². The highest BCUT2D eigenvalue weighted by Crippen LogP contribution is 2.25. The topological polar surface area (TPSA) is 73.0 Å². The van der Waals surface area contributed by atoms with Gasteiger partial charge in [-0.1, -0.05) is 26.2 Å². The van der Waals surface area contributed by atoms with E-state index < -0.39 is 4.92 Å². The number of nitro groups is 1. The molecule has 1 N–H and O–H groups in total. The highest BCUT2D eigenvalue weighted by Gasteiger charge is 2.24. The molecule has 0 amide bonds. The molecule has 6 heteroatoms. The van der Waals surface area contributed by atoms with Crippen LogP contribution in [0.2, 0.25) is 0 Å². The number of aryl methyl sites for hydroxylation is 1. The van der Waals surface area contributed by atoms with Crippen molar-refractivity contribution in [2.45, 2.75) is 52.5 Å². The monoisotopic (exact) mass is 254 g/mol. The first-order chi connectivity index (χ1) is 8.47. The third kappa shape index (κ3) is 3.45. The first-order valence-electron chi connectivity index (χ1n) is 6.41. The molecule has 0 aliphatic heterocycles. The Hall–Kier alpha value is -1.59. The molecule has 102 valence electrons. The Balaban J connectivity index is 2.74. The third-order valence-electron chi connectivity index (χ3n) is 3.10. The van der Waals surface area contributed by atoms with E-state index in [-0.39, 0.29) is 11.9 Å². The molecular weight excluding hydrogens is 232 g/mol. The Morgan fingerprint density at radius 2 is 2.17 bits per heavy atom. The van der Waals surface area contributed by atoms with Gasteiger partial charge >= 0.3 is 5.82 Å². The molecule has 0 aliphatic rings. The summed E-state index contributed by atoms with van der Waals surface area (Å²) in [6, 6.07) is 0.213. The Morgan fingerprint density at radius 1 is 1.50 bits per heavy atom. The molecule has 6 nitrogen and oxygen atoms in total. The van der Waals surface area contributed by atoms with Gasteiger partial charge in [0.15, 0.2) is 0 Å². The number of anilines is 1. The Morgan fingerprint density at radius 3 is 2.72 bits per heavy atom. The fourth-order valence-corrected chi connectivity index (χ4v) is 1.89. The quantitative estimate of drug-likeness (QED) is 0.461. The lowest BCUT2D eigenvalue weighted by Crippen LogP contribution is -2.18. The van der Waals surface area contributed by atoms with Gasteiger partial charge in [-0.3, -0.25) is 4.57 Å². The molecule has 0 saturated carbocycles. The molecule has 0 bridgehead atoms. The van der Waals surface area contributed by atoms with Crippen LogP contribution in [0.3, 0.4) is 0 Å². The number of nitrogens with zero attached hydrogens (tertiary/aromatic N) is 3. The Bertz CT molecular complexity index is 414. The summed E-state index contributed by atoms with van der Waals surface area (Å²) in [6.45, 7) is 5.97. The largest absolute Gasteiger partial charge is 0.406 e. The van der Waals surface area contributed by atoms with E-state index in [4.69, 9.17) is 0 Å². The van der Waals surface area contributed by atoms with E-state index in [0.717, 1.165) is 12.8 Å². The highest BCUT2D eigenvalue weighted by molar-refractivity contribution is 5.53. The van der Waals surface area contributed by atoms with Gasteiger partial charge in [0.2, 0.25) is 11.6 Å². The molecule has 0 fully saturated rings. The van der Waals surface area contributed by atoms with Crippen molar-refractivity contribution in [2.75, 3.05) is 5.32 Å². The van der Waals surface area contributed by atoms with Crippen LogP contribution >= 0.6 is 0 Å². The molecule has 1 aromatic heterocycles. The van der Waals surface area contributed by atoms with Crippen molar-refractivity contribution >= 4 is 11.6 Å². The maximum Gasteiger partial charge on any atom is 0.406 e. The van der Waals surface area contributed by atoms with Crippen molar-refractivity contribution in [2.24, 2.45) is 7.05 Å². The van der Waals surface area contributed by atoms with Gasteiger partial charge in [0.25, 0.3) is 0 Å². The van der Waals surface area contributed by atoms with Crippen molar-refractivity contribution < 1.29 is 4.92 Å². The summed E-state index contributed by atoms with van der Waals surface area (Å²) in [5, 5.41) is 14.1. The molecule has 1 heterocycles.